The summed E-state index contributed by atoms with van der Waals surface area (Å²) in [5.74, 6) is 0. The van der Waals surface area contributed by atoms with Gasteiger partial charge in [0, 0.05) is 9.64 Å². The van der Waals surface area contributed by atoms with Gasteiger partial charge in [0.2, 0.25) is 0 Å². The van der Waals surface area contributed by atoms with Crippen molar-refractivity contribution in [3.63, 3.8) is 0 Å². The smallest absolute Gasteiger partial charge is 0.258 e. The second kappa shape index (κ2) is 4.35. The maximum atomic E-state index is 12.4. The molecule has 0 spiro atoms. The molecule has 1 aromatic carbocycles. The maximum absolute atomic E-state index is 12.4. The molecule has 76 valence electrons. The summed E-state index contributed by atoms with van der Waals surface area (Å²) in [4.78, 5) is 9.58. The summed E-state index contributed by atoms with van der Waals surface area (Å²) in [5, 5.41) is 10.2. The van der Waals surface area contributed by atoms with Crippen molar-refractivity contribution in [2.24, 2.45) is 0 Å². The van der Waals surface area contributed by atoms with Crippen LogP contribution in [-0.4, -0.2) is 4.92 Å². The molecule has 0 amide bonds. The highest BCUT2D eigenvalue weighted by Crippen LogP contribution is 2.36. The van der Waals surface area contributed by atoms with Crippen LogP contribution in [0.25, 0.3) is 0 Å². The molecule has 0 aliphatic carbocycles. The van der Waals surface area contributed by atoms with E-state index in [2.05, 4.69) is 0 Å². The first-order valence-electron chi connectivity index (χ1n) is 3.35. The van der Waals surface area contributed by atoms with Crippen molar-refractivity contribution in [2.45, 2.75) is 6.43 Å². The van der Waals surface area contributed by atoms with Gasteiger partial charge in [-0.2, -0.15) is 0 Å². The molecule has 0 aliphatic heterocycles. The van der Waals surface area contributed by atoms with E-state index < -0.39 is 22.6 Å². The number of halogens is 4. The topological polar surface area (TPSA) is 43.1 Å². The monoisotopic (exact) mass is 333 g/mol. The molecule has 0 atom stereocenters. The Bertz CT molecular complexity index is 386. The molecule has 0 fully saturated rings. The van der Waals surface area contributed by atoms with E-state index in [0.717, 1.165) is 6.07 Å². The Morgan fingerprint density at radius 2 is 2.07 bits per heavy atom. The molecular formula is C7H3ClF2INO2. The minimum Gasteiger partial charge on any atom is -0.258 e. The highest BCUT2D eigenvalue weighted by molar-refractivity contribution is 14.1. The molecule has 0 bridgehead atoms. The molecule has 14 heavy (non-hydrogen) atoms. The lowest BCUT2D eigenvalue weighted by molar-refractivity contribution is -0.386. The van der Waals surface area contributed by atoms with Gasteiger partial charge in [0.1, 0.15) is 5.56 Å². The van der Waals surface area contributed by atoms with Crippen LogP contribution < -0.4 is 0 Å². The van der Waals surface area contributed by atoms with E-state index in [1.165, 1.54) is 6.07 Å². The Morgan fingerprint density at radius 3 is 2.50 bits per heavy atom. The predicted molar refractivity (Wildman–Crippen MR) is 55.8 cm³/mol. The number of benzene rings is 1. The number of alkyl halides is 2. The normalized spacial score (nSPS) is 10.6. The zero-order valence-electron chi connectivity index (χ0n) is 6.51. The molecular weight excluding hydrogens is 330 g/mol. The van der Waals surface area contributed by atoms with Crippen LogP contribution in [0, 0.1) is 13.7 Å². The molecule has 7 heteroatoms. The van der Waals surface area contributed by atoms with Crippen molar-refractivity contribution >= 4 is 39.9 Å². The van der Waals surface area contributed by atoms with E-state index in [9.17, 15) is 18.9 Å². The highest BCUT2D eigenvalue weighted by atomic mass is 127. The fourth-order valence-corrected chi connectivity index (χ4v) is 2.03. The van der Waals surface area contributed by atoms with Gasteiger partial charge in [0.25, 0.3) is 12.1 Å². The lowest BCUT2D eigenvalue weighted by Gasteiger charge is -2.04. The van der Waals surface area contributed by atoms with Crippen LogP contribution in [0.5, 0.6) is 0 Å². The maximum Gasteiger partial charge on any atom is 0.280 e. The van der Waals surface area contributed by atoms with E-state index in [1.54, 1.807) is 22.6 Å². The number of hydrogen-bond acceptors (Lipinski definition) is 2. The molecule has 0 unspecified atom stereocenters. The second-order valence-corrected chi connectivity index (χ2v) is 4.03. The zero-order valence-corrected chi connectivity index (χ0v) is 9.42. The van der Waals surface area contributed by atoms with Gasteiger partial charge in [-0.1, -0.05) is 11.6 Å². The van der Waals surface area contributed by atoms with Crippen LogP contribution in [-0.2, 0) is 0 Å². The summed E-state index contributed by atoms with van der Waals surface area (Å²) in [6.45, 7) is 0. The average Bonchev–Trinajstić information content (AvgIpc) is 2.01. The molecule has 0 aromatic heterocycles. The predicted octanol–water partition coefficient (Wildman–Crippen LogP) is 3.79. The zero-order chi connectivity index (χ0) is 10.9. The largest absolute Gasteiger partial charge is 0.280 e. The third-order valence-corrected chi connectivity index (χ3v) is 2.42. The molecule has 0 saturated carbocycles. The van der Waals surface area contributed by atoms with Crippen molar-refractivity contribution in [2.75, 3.05) is 0 Å². The molecule has 0 aliphatic rings. The van der Waals surface area contributed by atoms with E-state index >= 15 is 0 Å². The lowest BCUT2D eigenvalue weighted by atomic mass is 10.2. The first-order valence-corrected chi connectivity index (χ1v) is 4.80. The highest BCUT2D eigenvalue weighted by Gasteiger charge is 2.25. The Labute approximate surface area is 96.3 Å². The van der Waals surface area contributed by atoms with Crippen LogP contribution >= 0.6 is 34.2 Å². The van der Waals surface area contributed by atoms with Crippen molar-refractivity contribution in [1.29, 1.82) is 0 Å². The van der Waals surface area contributed by atoms with Crippen molar-refractivity contribution in [1.82, 2.24) is 0 Å². The molecule has 1 aromatic rings. The van der Waals surface area contributed by atoms with Gasteiger partial charge in [0.05, 0.1) is 9.95 Å². The van der Waals surface area contributed by atoms with Gasteiger partial charge in [-0.25, -0.2) is 8.78 Å². The Balaban J connectivity index is 3.44. The number of hydrogen-bond donors (Lipinski definition) is 0. The van der Waals surface area contributed by atoms with Crippen molar-refractivity contribution in [3.8, 4) is 0 Å². The number of rotatable bonds is 2. The summed E-state index contributed by atoms with van der Waals surface area (Å²) in [5.41, 5.74) is -1.37. The lowest BCUT2D eigenvalue weighted by Crippen LogP contribution is -1.97. The summed E-state index contributed by atoms with van der Waals surface area (Å²) in [6.07, 6.45) is -2.94. The molecule has 0 heterocycles. The SMILES string of the molecule is O=[N+]([O-])c1cc(I)cc(Cl)c1C(F)F. The number of nitro benzene ring substituents is 1. The summed E-state index contributed by atoms with van der Waals surface area (Å²) < 4.78 is 25.2. The third-order valence-electron chi connectivity index (χ3n) is 1.49. The van der Waals surface area contributed by atoms with E-state index in [4.69, 9.17) is 11.6 Å². The van der Waals surface area contributed by atoms with Crippen LogP contribution in [0.15, 0.2) is 12.1 Å². The minimum atomic E-state index is -2.94. The van der Waals surface area contributed by atoms with Gasteiger partial charge in [-0.15, -0.1) is 0 Å². The third kappa shape index (κ3) is 2.30. The first kappa shape index (κ1) is 11.6. The Hall–Kier alpha value is -0.500. The minimum absolute atomic E-state index is 0.279. The van der Waals surface area contributed by atoms with E-state index in [1.807, 2.05) is 0 Å². The van der Waals surface area contributed by atoms with Crippen LogP contribution in [0.1, 0.15) is 12.0 Å². The molecule has 3 nitrogen and oxygen atoms in total. The molecule has 1 rings (SSSR count). The van der Waals surface area contributed by atoms with Gasteiger partial charge in [0.15, 0.2) is 0 Å². The number of nitrogens with zero attached hydrogens (tertiary/aromatic N) is 1. The Kier molecular flexibility index (Phi) is 3.59. The molecule has 0 radical (unpaired) electrons. The second-order valence-electron chi connectivity index (χ2n) is 2.38. The van der Waals surface area contributed by atoms with Crippen LogP contribution in [0.3, 0.4) is 0 Å². The summed E-state index contributed by atoms with van der Waals surface area (Å²) >= 11 is 7.26. The fraction of sp³-hybridized carbons (Fsp3) is 0.143. The summed E-state index contributed by atoms with van der Waals surface area (Å²) in [7, 11) is 0. The molecule has 0 N–H and O–H groups in total. The Morgan fingerprint density at radius 1 is 1.50 bits per heavy atom. The van der Waals surface area contributed by atoms with Gasteiger partial charge < -0.3 is 0 Å². The van der Waals surface area contributed by atoms with Crippen LogP contribution in [0.2, 0.25) is 5.02 Å². The average molecular weight is 333 g/mol. The number of nitro groups is 1. The van der Waals surface area contributed by atoms with Gasteiger partial charge >= 0.3 is 0 Å². The van der Waals surface area contributed by atoms with Crippen LogP contribution in [0.4, 0.5) is 14.5 Å². The van der Waals surface area contributed by atoms with E-state index in [0.29, 0.717) is 3.57 Å². The van der Waals surface area contributed by atoms with Crippen molar-refractivity contribution < 1.29 is 13.7 Å². The fourth-order valence-electron chi connectivity index (χ4n) is 0.938. The van der Waals surface area contributed by atoms with Gasteiger partial charge in [-0.3, -0.25) is 10.1 Å². The van der Waals surface area contributed by atoms with E-state index in [-0.39, 0.29) is 5.02 Å². The standard InChI is InChI=1S/C7H3ClF2INO2/c8-4-1-3(11)2-5(12(13)14)6(4)7(9)10/h1-2,7H. The first-order chi connectivity index (χ1) is 6.43. The quantitative estimate of drug-likeness (QED) is 0.469. The summed E-state index contributed by atoms with van der Waals surface area (Å²) in [6, 6.07) is 2.32. The molecule has 0 saturated heterocycles. The van der Waals surface area contributed by atoms with Crippen molar-refractivity contribution in [3.05, 3.63) is 36.4 Å². The van der Waals surface area contributed by atoms with Gasteiger partial charge in [-0.05, 0) is 28.7 Å².